The third-order valence-electron chi connectivity index (χ3n) is 9.02. The van der Waals surface area contributed by atoms with E-state index in [1.54, 1.807) is 0 Å². The zero-order chi connectivity index (χ0) is 33.5. The average molecular weight is 641 g/mol. The van der Waals surface area contributed by atoms with Crippen molar-refractivity contribution >= 4 is 34.1 Å². The maximum Gasteiger partial charge on any atom is 0.0462 e. The second-order valence-electron chi connectivity index (χ2n) is 12.3. The molecule has 0 aliphatic carbocycles. The van der Waals surface area contributed by atoms with Gasteiger partial charge in [-0.2, -0.15) is 0 Å². The number of hydrogen-bond acceptors (Lipinski definition) is 2. The summed E-state index contributed by atoms with van der Waals surface area (Å²) < 4.78 is 0. The lowest BCUT2D eigenvalue weighted by Gasteiger charge is -2.25. The number of hydrogen-bond donors (Lipinski definition) is 0. The summed E-state index contributed by atoms with van der Waals surface area (Å²) in [6, 6.07) is 77.6. The summed E-state index contributed by atoms with van der Waals surface area (Å²) in [4.78, 5) is 4.59. The van der Waals surface area contributed by atoms with Crippen molar-refractivity contribution in [2.45, 2.75) is 0 Å². The lowest BCUT2D eigenvalue weighted by molar-refractivity contribution is 1.28. The van der Waals surface area contributed by atoms with Crippen LogP contribution in [-0.4, -0.2) is 0 Å². The normalized spacial score (nSPS) is 10.8. The second kappa shape index (κ2) is 14.2. The number of nitrogens with zero attached hydrogens (tertiary/aromatic N) is 2. The van der Waals surface area contributed by atoms with Crippen molar-refractivity contribution in [1.29, 1.82) is 0 Å². The molecule has 0 N–H and O–H groups in total. The summed E-state index contributed by atoms with van der Waals surface area (Å²) in [5, 5.41) is 0. The highest BCUT2D eigenvalue weighted by atomic mass is 15.1. The molecule has 0 saturated carbocycles. The Labute approximate surface area is 294 Å². The Morgan fingerprint density at radius 3 is 0.680 bits per heavy atom. The monoisotopic (exact) mass is 640 g/mol. The van der Waals surface area contributed by atoms with Crippen LogP contribution in [0.25, 0.3) is 33.4 Å². The third-order valence-corrected chi connectivity index (χ3v) is 9.02. The summed E-state index contributed by atoms with van der Waals surface area (Å²) in [6.45, 7) is 0. The molecular formula is C48H36N2. The first-order chi connectivity index (χ1) is 24.8. The maximum atomic E-state index is 2.31. The van der Waals surface area contributed by atoms with Crippen LogP contribution in [0, 0.1) is 0 Å². The molecule has 0 atom stereocenters. The maximum absolute atomic E-state index is 2.31. The topological polar surface area (TPSA) is 6.48 Å². The summed E-state index contributed by atoms with van der Waals surface area (Å²) in [7, 11) is 0. The van der Waals surface area contributed by atoms with Gasteiger partial charge in [0.25, 0.3) is 0 Å². The van der Waals surface area contributed by atoms with Gasteiger partial charge in [-0.3, -0.25) is 0 Å². The van der Waals surface area contributed by atoms with E-state index in [1.807, 2.05) is 0 Å². The van der Waals surface area contributed by atoms with Crippen LogP contribution in [-0.2, 0) is 0 Å². The van der Waals surface area contributed by atoms with Crippen molar-refractivity contribution < 1.29 is 0 Å². The minimum absolute atomic E-state index is 1.11. The summed E-state index contributed by atoms with van der Waals surface area (Å²) in [6.07, 6.45) is 0. The van der Waals surface area contributed by atoms with E-state index in [4.69, 9.17) is 0 Å². The smallest absolute Gasteiger partial charge is 0.0462 e. The van der Waals surface area contributed by atoms with E-state index in [2.05, 4.69) is 228 Å². The molecule has 8 rings (SSSR count). The van der Waals surface area contributed by atoms with Gasteiger partial charge in [0, 0.05) is 34.1 Å². The fraction of sp³-hybridized carbons (Fsp3) is 0. The van der Waals surface area contributed by atoms with Crippen molar-refractivity contribution in [3.8, 4) is 33.4 Å². The SMILES string of the molecule is c1ccc(-c2cc(-c3ccc(N(c4ccccc4)c4ccccc4)cc3)cc(-c3ccc(N(c4ccccc4)c4ccccc4)cc3)c2)cc1. The molecule has 0 aliphatic rings. The highest BCUT2D eigenvalue weighted by Crippen LogP contribution is 2.39. The van der Waals surface area contributed by atoms with E-state index in [1.165, 1.54) is 33.4 Å². The van der Waals surface area contributed by atoms with Gasteiger partial charge < -0.3 is 9.80 Å². The summed E-state index contributed by atoms with van der Waals surface area (Å²) in [5.74, 6) is 0. The molecule has 2 heteroatoms. The average Bonchev–Trinajstić information content (AvgIpc) is 3.20. The van der Waals surface area contributed by atoms with Crippen LogP contribution in [0.4, 0.5) is 34.1 Å². The Morgan fingerprint density at radius 2 is 0.400 bits per heavy atom. The number of para-hydroxylation sites is 4. The molecule has 0 saturated heterocycles. The molecule has 0 amide bonds. The Balaban J connectivity index is 1.18. The van der Waals surface area contributed by atoms with Crippen LogP contribution in [0.5, 0.6) is 0 Å². The Bertz CT molecular complexity index is 2040. The van der Waals surface area contributed by atoms with Gasteiger partial charge in [0.05, 0.1) is 0 Å². The zero-order valence-electron chi connectivity index (χ0n) is 27.7. The molecule has 0 heterocycles. The van der Waals surface area contributed by atoms with Gasteiger partial charge >= 0.3 is 0 Å². The fourth-order valence-corrected chi connectivity index (χ4v) is 6.57. The van der Waals surface area contributed by atoms with E-state index in [0.717, 1.165) is 34.1 Å². The van der Waals surface area contributed by atoms with Gasteiger partial charge in [-0.15, -0.1) is 0 Å². The lowest BCUT2D eigenvalue weighted by Crippen LogP contribution is -2.09. The molecule has 0 radical (unpaired) electrons. The van der Waals surface area contributed by atoms with Gasteiger partial charge in [-0.05, 0) is 124 Å². The molecule has 0 bridgehead atoms. The van der Waals surface area contributed by atoms with E-state index in [-0.39, 0.29) is 0 Å². The minimum Gasteiger partial charge on any atom is -0.311 e. The molecule has 8 aromatic rings. The highest BCUT2D eigenvalue weighted by molar-refractivity contribution is 5.84. The predicted molar refractivity (Wildman–Crippen MR) is 212 cm³/mol. The number of rotatable bonds is 9. The minimum atomic E-state index is 1.11. The van der Waals surface area contributed by atoms with E-state index in [9.17, 15) is 0 Å². The van der Waals surface area contributed by atoms with Crippen LogP contribution < -0.4 is 9.80 Å². The molecule has 0 spiro atoms. The highest BCUT2D eigenvalue weighted by Gasteiger charge is 2.15. The van der Waals surface area contributed by atoms with Gasteiger partial charge in [-0.25, -0.2) is 0 Å². The number of anilines is 6. The third kappa shape index (κ3) is 6.56. The molecule has 0 unspecified atom stereocenters. The van der Waals surface area contributed by atoms with Crippen molar-refractivity contribution in [2.24, 2.45) is 0 Å². The summed E-state index contributed by atoms with van der Waals surface area (Å²) in [5.41, 5.74) is 13.8. The van der Waals surface area contributed by atoms with Crippen LogP contribution in [0.15, 0.2) is 218 Å². The van der Waals surface area contributed by atoms with Crippen LogP contribution in [0.2, 0.25) is 0 Å². The van der Waals surface area contributed by atoms with Crippen LogP contribution in [0.3, 0.4) is 0 Å². The van der Waals surface area contributed by atoms with Crippen molar-refractivity contribution in [3.05, 3.63) is 218 Å². The molecule has 238 valence electrons. The first-order valence-electron chi connectivity index (χ1n) is 17.0. The second-order valence-corrected chi connectivity index (χ2v) is 12.3. The Morgan fingerprint density at radius 1 is 0.180 bits per heavy atom. The molecule has 50 heavy (non-hydrogen) atoms. The molecule has 2 nitrogen and oxygen atoms in total. The van der Waals surface area contributed by atoms with E-state index < -0.39 is 0 Å². The Kier molecular flexibility index (Phi) is 8.73. The molecule has 0 fully saturated rings. The van der Waals surface area contributed by atoms with Gasteiger partial charge in [-0.1, -0.05) is 127 Å². The lowest BCUT2D eigenvalue weighted by atomic mass is 9.93. The van der Waals surface area contributed by atoms with Gasteiger partial charge in [0.1, 0.15) is 0 Å². The predicted octanol–water partition coefficient (Wildman–Crippen LogP) is 13.6. The van der Waals surface area contributed by atoms with Crippen molar-refractivity contribution in [1.82, 2.24) is 0 Å². The summed E-state index contributed by atoms with van der Waals surface area (Å²) >= 11 is 0. The van der Waals surface area contributed by atoms with Crippen LogP contribution >= 0.6 is 0 Å². The van der Waals surface area contributed by atoms with Crippen LogP contribution in [0.1, 0.15) is 0 Å². The molecule has 8 aromatic carbocycles. The molecule has 0 aliphatic heterocycles. The van der Waals surface area contributed by atoms with Crippen molar-refractivity contribution in [2.75, 3.05) is 9.80 Å². The fourth-order valence-electron chi connectivity index (χ4n) is 6.57. The van der Waals surface area contributed by atoms with Crippen molar-refractivity contribution in [3.63, 3.8) is 0 Å². The Hall–Kier alpha value is -6.64. The zero-order valence-corrected chi connectivity index (χ0v) is 27.7. The van der Waals surface area contributed by atoms with Gasteiger partial charge in [0.15, 0.2) is 0 Å². The standard InChI is InChI=1S/C48H36N2/c1-6-16-37(17-7-1)40-34-41(38-26-30-47(31-27-38)49(43-18-8-2-9-19-43)44-20-10-3-11-21-44)36-42(35-40)39-28-32-48(33-29-39)50(45-22-12-4-13-23-45)46-24-14-5-15-25-46/h1-36H. The van der Waals surface area contributed by atoms with Gasteiger partial charge in [0.2, 0.25) is 0 Å². The van der Waals surface area contributed by atoms with E-state index in [0.29, 0.717) is 0 Å². The quantitative estimate of drug-likeness (QED) is 0.155. The number of benzene rings is 8. The molecular weight excluding hydrogens is 605 g/mol. The molecule has 0 aromatic heterocycles. The van der Waals surface area contributed by atoms with E-state index >= 15 is 0 Å². The largest absolute Gasteiger partial charge is 0.311 e. The first-order valence-corrected chi connectivity index (χ1v) is 17.0. The first kappa shape index (κ1) is 30.7.